The number of fused-ring (bicyclic) bond motifs is 1. The molecule has 0 saturated heterocycles. The molecule has 34 heavy (non-hydrogen) atoms. The van der Waals surface area contributed by atoms with Crippen LogP contribution in [0.5, 0.6) is 5.75 Å². The Morgan fingerprint density at radius 2 is 1.88 bits per heavy atom. The largest absolute Gasteiger partial charge is 0.489 e. The van der Waals surface area contributed by atoms with Crippen LogP contribution in [0.15, 0.2) is 67.0 Å². The van der Waals surface area contributed by atoms with Gasteiger partial charge in [0, 0.05) is 23.9 Å². The van der Waals surface area contributed by atoms with Crippen LogP contribution >= 0.6 is 0 Å². The molecule has 174 valence electrons. The van der Waals surface area contributed by atoms with E-state index in [9.17, 15) is 4.79 Å². The second kappa shape index (κ2) is 9.55. The zero-order valence-electron chi connectivity index (χ0n) is 19.2. The number of ether oxygens (including phenoxy) is 2. The molecule has 4 aromatic rings. The summed E-state index contributed by atoms with van der Waals surface area (Å²) in [7, 11) is 1.45. The van der Waals surface area contributed by atoms with E-state index in [0.29, 0.717) is 12.4 Å². The first-order chi connectivity index (χ1) is 16.6. The highest BCUT2D eigenvalue weighted by atomic mass is 16.5. The fourth-order valence-corrected chi connectivity index (χ4v) is 4.80. The van der Waals surface area contributed by atoms with E-state index in [0.717, 1.165) is 59.6 Å². The Morgan fingerprint density at radius 1 is 1.09 bits per heavy atom. The van der Waals surface area contributed by atoms with E-state index in [2.05, 4.69) is 9.38 Å². The van der Waals surface area contributed by atoms with Gasteiger partial charge in [-0.25, -0.2) is 9.97 Å². The lowest BCUT2D eigenvalue weighted by Crippen LogP contribution is -2.23. The van der Waals surface area contributed by atoms with Gasteiger partial charge in [0.2, 0.25) is 0 Å². The molecule has 2 heterocycles. The third-order valence-electron chi connectivity index (χ3n) is 6.59. The van der Waals surface area contributed by atoms with Crippen molar-refractivity contribution in [3.05, 3.63) is 78.4 Å². The number of anilines is 1. The van der Waals surface area contributed by atoms with Crippen molar-refractivity contribution < 1.29 is 14.3 Å². The van der Waals surface area contributed by atoms with Crippen LogP contribution in [0.4, 0.5) is 5.82 Å². The normalized spacial score (nSPS) is 18.0. The molecule has 2 aromatic carbocycles. The third kappa shape index (κ3) is 4.33. The van der Waals surface area contributed by atoms with Gasteiger partial charge in [0.15, 0.2) is 0 Å². The highest BCUT2D eigenvalue weighted by molar-refractivity contribution is 5.85. The maximum absolute atomic E-state index is 12.0. The maximum Gasteiger partial charge on any atom is 0.308 e. The molecule has 7 heteroatoms. The summed E-state index contributed by atoms with van der Waals surface area (Å²) < 4.78 is 13.0. The molecule has 0 unspecified atom stereocenters. The highest BCUT2D eigenvalue weighted by Crippen LogP contribution is 2.39. The Morgan fingerprint density at radius 3 is 2.65 bits per heavy atom. The molecule has 1 aliphatic carbocycles. The lowest BCUT2D eigenvalue weighted by molar-refractivity contribution is -0.146. The van der Waals surface area contributed by atoms with E-state index >= 15 is 0 Å². The van der Waals surface area contributed by atoms with Crippen molar-refractivity contribution in [2.75, 3.05) is 12.8 Å². The standard InChI is InChI=1S/C27H28N4O3/c1-33-27(32)20-12-10-19(11-13-20)26-30-23(24-25(28)29-14-15-31(24)26)21-8-5-9-22(16-21)34-17-18-6-3-2-4-7-18/h2-9,14-16,19-20H,10-13,17H2,1H3,(H2,28,29). The van der Waals surface area contributed by atoms with Crippen LogP contribution in [0, 0.1) is 5.92 Å². The average molecular weight is 457 g/mol. The smallest absolute Gasteiger partial charge is 0.308 e. The molecule has 2 N–H and O–H groups in total. The summed E-state index contributed by atoms with van der Waals surface area (Å²) >= 11 is 0. The molecule has 0 bridgehead atoms. The number of nitrogens with two attached hydrogens (primary N) is 1. The van der Waals surface area contributed by atoms with E-state index in [-0.39, 0.29) is 17.8 Å². The quantitative estimate of drug-likeness (QED) is 0.410. The van der Waals surface area contributed by atoms with E-state index in [1.807, 2.05) is 60.8 Å². The second-order valence-electron chi connectivity index (χ2n) is 8.72. The zero-order chi connectivity index (χ0) is 23.5. The van der Waals surface area contributed by atoms with Crippen molar-refractivity contribution in [3.8, 4) is 17.0 Å². The van der Waals surface area contributed by atoms with Gasteiger partial charge in [-0.2, -0.15) is 0 Å². The minimum Gasteiger partial charge on any atom is -0.489 e. The fourth-order valence-electron chi connectivity index (χ4n) is 4.80. The molecule has 0 atom stereocenters. The fraction of sp³-hybridized carbons (Fsp3) is 0.296. The molecule has 1 saturated carbocycles. The minimum absolute atomic E-state index is 0.0304. The number of hydrogen-bond donors (Lipinski definition) is 1. The van der Waals surface area contributed by atoms with E-state index in [1.165, 1.54) is 7.11 Å². The summed E-state index contributed by atoms with van der Waals surface area (Å²) in [5, 5.41) is 0. The SMILES string of the molecule is COC(=O)C1CCC(c2nc(-c3cccc(OCc4ccccc4)c3)c3c(N)nccn23)CC1. The van der Waals surface area contributed by atoms with E-state index in [4.69, 9.17) is 20.2 Å². The molecule has 1 aliphatic rings. The topological polar surface area (TPSA) is 91.7 Å². The first-order valence-electron chi connectivity index (χ1n) is 11.6. The molecular weight excluding hydrogens is 428 g/mol. The van der Waals surface area contributed by atoms with Gasteiger partial charge in [-0.05, 0) is 43.4 Å². The van der Waals surface area contributed by atoms with Crippen LogP contribution in [0.25, 0.3) is 16.8 Å². The molecule has 0 aliphatic heterocycles. The van der Waals surface area contributed by atoms with Crippen LogP contribution in [-0.2, 0) is 16.1 Å². The monoisotopic (exact) mass is 456 g/mol. The number of nitrogens with zero attached hydrogens (tertiary/aromatic N) is 3. The van der Waals surface area contributed by atoms with Gasteiger partial charge in [-0.15, -0.1) is 0 Å². The van der Waals surface area contributed by atoms with Gasteiger partial charge in [0.1, 0.15) is 35.2 Å². The van der Waals surface area contributed by atoms with E-state index < -0.39 is 0 Å². The summed E-state index contributed by atoms with van der Waals surface area (Å²) in [6.45, 7) is 0.493. The molecule has 1 fully saturated rings. The molecule has 0 amide bonds. The molecule has 0 radical (unpaired) electrons. The van der Waals surface area contributed by atoms with Crippen molar-refractivity contribution in [1.82, 2.24) is 14.4 Å². The third-order valence-corrected chi connectivity index (χ3v) is 6.59. The molecular formula is C27H28N4O3. The van der Waals surface area contributed by atoms with Crippen molar-refractivity contribution in [2.24, 2.45) is 5.92 Å². The van der Waals surface area contributed by atoms with Gasteiger partial charge < -0.3 is 15.2 Å². The van der Waals surface area contributed by atoms with Crippen molar-refractivity contribution in [2.45, 2.75) is 38.2 Å². The van der Waals surface area contributed by atoms with Gasteiger partial charge in [-0.1, -0.05) is 42.5 Å². The van der Waals surface area contributed by atoms with Crippen LogP contribution < -0.4 is 10.5 Å². The van der Waals surface area contributed by atoms with Gasteiger partial charge in [-0.3, -0.25) is 9.20 Å². The predicted octanol–water partition coefficient (Wildman–Crippen LogP) is 5.00. The number of imidazole rings is 1. The lowest BCUT2D eigenvalue weighted by Gasteiger charge is -2.26. The first-order valence-corrected chi connectivity index (χ1v) is 11.6. The Hall–Kier alpha value is -3.87. The summed E-state index contributed by atoms with van der Waals surface area (Å²) in [4.78, 5) is 21.3. The number of esters is 1. The maximum atomic E-state index is 12.0. The predicted molar refractivity (Wildman–Crippen MR) is 130 cm³/mol. The van der Waals surface area contributed by atoms with Crippen LogP contribution in [0.1, 0.15) is 43.0 Å². The number of aromatic nitrogens is 3. The Kier molecular flexibility index (Phi) is 6.16. The van der Waals surface area contributed by atoms with E-state index in [1.54, 1.807) is 6.20 Å². The number of rotatable bonds is 6. The van der Waals surface area contributed by atoms with Gasteiger partial charge in [0.05, 0.1) is 13.0 Å². The molecule has 0 spiro atoms. The minimum atomic E-state index is -0.118. The van der Waals surface area contributed by atoms with Crippen LogP contribution in [-0.4, -0.2) is 27.4 Å². The zero-order valence-corrected chi connectivity index (χ0v) is 19.2. The van der Waals surface area contributed by atoms with Crippen LogP contribution in [0.3, 0.4) is 0 Å². The van der Waals surface area contributed by atoms with Crippen molar-refractivity contribution >= 4 is 17.3 Å². The molecule has 5 rings (SSSR count). The lowest BCUT2D eigenvalue weighted by atomic mass is 9.81. The Labute approximate surface area is 198 Å². The number of benzene rings is 2. The van der Waals surface area contributed by atoms with Crippen molar-refractivity contribution in [1.29, 1.82) is 0 Å². The van der Waals surface area contributed by atoms with Gasteiger partial charge >= 0.3 is 5.97 Å². The summed E-state index contributed by atoms with van der Waals surface area (Å²) in [5.74, 6) is 2.25. The number of nitrogen functional groups attached to an aromatic ring is 1. The summed E-state index contributed by atoms with van der Waals surface area (Å²) in [5.41, 5.74) is 9.95. The number of hydrogen-bond acceptors (Lipinski definition) is 6. The Bertz CT molecular complexity index is 1290. The van der Waals surface area contributed by atoms with Crippen LogP contribution in [0.2, 0.25) is 0 Å². The summed E-state index contributed by atoms with van der Waals surface area (Å²) in [6.07, 6.45) is 6.97. The summed E-state index contributed by atoms with van der Waals surface area (Å²) in [6, 6.07) is 18.0. The molecule has 7 nitrogen and oxygen atoms in total. The highest BCUT2D eigenvalue weighted by Gasteiger charge is 2.31. The van der Waals surface area contributed by atoms with Crippen molar-refractivity contribution in [3.63, 3.8) is 0 Å². The second-order valence-corrected chi connectivity index (χ2v) is 8.72. The Balaban J connectivity index is 1.45. The molecule has 2 aromatic heterocycles. The van der Waals surface area contributed by atoms with Gasteiger partial charge in [0.25, 0.3) is 0 Å². The number of carbonyl (C=O) groups excluding carboxylic acids is 1. The average Bonchev–Trinajstić information content (AvgIpc) is 3.29. The first kappa shape index (κ1) is 21.9. The number of carbonyl (C=O) groups is 1. The number of methoxy groups -OCH3 is 1.